The average Bonchev–Trinajstić information content (AvgIpc) is 3.57. The van der Waals surface area contributed by atoms with Gasteiger partial charge in [-0.1, -0.05) is 29.3 Å². The number of hydrogen-bond acceptors (Lipinski definition) is 4. The van der Waals surface area contributed by atoms with E-state index in [1.54, 1.807) is 24.7 Å². The monoisotopic (exact) mass is 446 g/mol. The fourth-order valence-electron chi connectivity index (χ4n) is 4.90. The van der Waals surface area contributed by atoms with Gasteiger partial charge in [0.1, 0.15) is 0 Å². The molecule has 1 saturated heterocycles. The minimum absolute atomic E-state index is 0.0840. The van der Waals surface area contributed by atoms with Crippen molar-refractivity contribution in [1.29, 1.82) is 0 Å². The number of nitrogens with zero attached hydrogens (tertiary/aromatic N) is 4. The molecule has 1 amide bonds. The summed E-state index contributed by atoms with van der Waals surface area (Å²) in [6.45, 7) is 2.83. The Balaban J connectivity index is 1.42. The third-order valence-corrected chi connectivity index (χ3v) is 7.17. The zero-order valence-electron chi connectivity index (χ0n) is 18.3. The van der Waals surface area contributed by atoms with Crippen LogP contribution in [-0.4, -0.2) is 38.3 Å². The van der Waals surface area contributed by atoms with Gasteiger partial charge < -0.3 is 4.90 Å². The molecule has 2 fully saturated rings. The molecule has 1 spiro atoms. The molecule has 0 unspecified atom stereocenters. The minimum atomic E-state index is 0.0840. The van der Waals surface area contributed by atoms with E-state index in [-0.39, 0.29) is 11.9 Å². The highest BCUT2D eigenvalue weighted by molar-refractivity contribution is 6.30. The molecule has 0 bridgehead atoms. The number of hydrogen-bond donors (Lipinski definition) is 0. The first-order chi connectivity index (χ1) is 15.5. The lowest BCUT2D eigenvalue weighted by atomic mass is 9.85. The lowest BCUT2D eigenvalue weighted by Gasteiger charge is -2.40. The van der Waals surface area contributed by atoms with Gasteiger partial charge in [0.2, 0.25) is 0 Å². The molecular weight excluding hydrogens is 420 g/mol. The maximum atomic E-state index is 13.9. The molecule has 1 aromatic carbocycles. The standard InChI is InChI=1S/C26H27ClN4O/c1-18-3-8-22(24-28-12-2-13-29-24)23(15-18)25(32)31-14-11-26(9-10-26)16-21(31)7-6-20-5-4-19(27)17-30-20/h2-5,8,12-13,15,17,21H,6-7,9-11,14,16H2,1H3/t21-/m1/s1. The Morgan fingerprint density at radius 3 is 2.66 bits per heavy atom. The molecule has 5 rings (SSSR count). The van der Waals surface area contributed by atoms with Crippen LogP contribution in [0.4, 0.5) is 0 Å². The van der Waals surface area contributed by atoms with Gasteiger partial charge in [0.15, 0.2) is 5.82 Å². The Labute approximate surface area is 193 Å². The highest BCUT2D eigenvalue weighted by Gasteiger charge is 2.49. The van der Waals surface area contributed by atoms with Crippen molar-refractivity contribution in [3.8, 4) is 11.4 Å². The number of carbonyl (C=O) groups excluding carboxylic acids is 1. The number of carbonyl (C=O) groups is 1. The Morgan fingerprint density at radius 1 is 1.12 bits per heavy atom. The van der Waals surface area contributed by atoms with Crippen LogP contribution < -0.4 is 0 Å². The van der Waals surface area contributed by atoms with Crippen LogP contribution in [0.2, 0.25) is 5.02 Å². The van der Waals surface area contributed by atoms with Crippen molar-refractivity contribution in [1.82, 2.24) is 19.9 Å². The molecule has 2 aromatic heterocycles. The van der Waals surface area contributed by atoms with E-state index in [1.165, 1.54) is 12.8 Å². The fourth-order valence-corrected chi connectivity index (χ4v) is 5.01. The molecule has 32 heavy (non-hydrogen) atoms. The van der Waals surface area contributed by atoms with Crippen molar-refractivity contribution < 1.29 is 4.79 Å². The number of aryl methyl sites for hydroxylation is 2. The van der Waals surface area contributed by atoms with Gasteiger partial charge in [-0.25, -0.2) is 9.97 Å². The van der Waals surface area contributed by atoms with Crippen LogP contribution in [0.3, 0.4) is 0 Å². The third kappa shape index (κ3) is 4.40. The van der Waals surface area contributed by atoms with E-state index < -0.39 is 0 Å². The molecule has 0 N–H and O–H groups in total. The predicted molar refractivity (Wildman–Crippen MR) is 125 cm³/mol. The molecule has 1 atom stereocenters. The van der Waals surface area contributed by atoms with Gasteiger partial charge in [-0.05, 0) is 75.1 Å². The van der Waals surface area contributed by atoms with Crippen molar-refractivity contribution >= 4 is 17.5 Å². The molecule has 2 aliphatic rings. The number of likely N-dealkylation sites (tertiary alicyclic amines) is 1. The van der Waals surface area contributed by atoms with Gasteiger partial charge in [0.25, 0.3) is 5.91 Å². The van der Waals surface area contributed by atoms with Gasteiger partial charge in [-0.15, -0.1) is 0 Å². The lowest BCUT2D eigenvalue weighted by molar-refractivity contribution is 0.0509. The van der Waals surface area contributed by atoms with Gasteiger partial charge in [0, 0.05) is 42.4 Å². The second-order valence-electron chi connectivity index (χ2n) is 9.23. The summed E-state index contributed by atoms with van der Waals surface area (Å²) in [4.78, 5) is 29.2. The van der Waals surface area contributed by atoms with Gasteiger partial charge in [0.05, 0.1) is 10.6 Å². The molecule has 6 heteroatoms. The molecule has 3 heterocycles. The van der Waals surface area contributed by atoms with Crippen LogP contribution in [0, 0.1) is 12.3 Å². The van der Waals surface area contributed by atoms with E-state index in [0.29, 0.717) is 21.8 Å². The van der Waals surface area contributed by atoms with Crippen LogP contribution in [0.1, 0.15) is 53.7 Å². The summed E-state index contributed by atoms with van der Waals surface area (Å²) in [5.41, 5.74) is 4.02. The minimum Gasteiger partial charge on any atom is -0.336 e. The zero-order chi connectivity index (χ0) is 22.1. The molecule has 0 radical (unpaired) electrons. The summed E-state index contributed by atoms with van der Waals surface area (Å²) in [7, 11) is 0. The summed E-state index contributed by atoms with van der Waals surface area (Å²) >= 11 is 5.99. The number of aromatic nitrogens is 3. The van der Waals surface area contributed by atoms with Crippen LogP contribution in [-0.2, 0) is 6.42 Å². The summed E-state index contributed by atoms with van der Waals surface area (Å²) in [5.74, 6) is 0.675. The largest absolute Gasteiger partial charge is 0.336 e. The number of rotatable bonds is 5. The van der Waals surface area contributed by atoms with Crippen LogP contribution in [0.15, 0.2) is 55.0 Å². The van der Waals surface area contributed by atoms with E-state index in [9.17, 15) is 4.79 Å². The number of amides is 1. The quantitative estimate of drug-likeness (QED) is 0.517. The molecule has 1 aliphatic heterocycles. The summed E-state index contributed by atoms with van der Waals surface area (Å²) in [5, 5.41) is 0.648. The first kappa shape index (κ1) is 21.1. The Morgan fingerprint density at radius 2 is 1.94 bits per heavy atom. The average molecular weight is 447 g/mol. The van der Waals surface area contributed by atoms with Crippen molar-refractivity contribution in [2.24, 2.45) is 5.41 Å². The maximum absolute atomic E-state index is 13.9. The van der Waals surface area contributed by atoms with E-state index in [1.807, 2.05) is 37.3 Å². The molecule has 164 valence electrons. The van der Waals surface area contributed by atoms with Crippen LogP contribution in [0.5, 0.6) is 0 Å². The van der Waals surface area contributed by atoms with Crippen LogP contribution >= 0.6 is 11.6 Å². The lowest BCUT2D eigenvalue weighted by Crippen LogP contribution is -2.47. The Bertz CT molecular complexity index is 1110. The summed E-state index contributed by atoms with van der Waals surface area (Å²) in [6, 6.07) is 11.8. The summed E-state index contributed by atoms with van der Waals surface area (Å²) < 4.78 is 0. The first-order valence-electron chi connectivity index (χ1n) is 11.3. The first-order valence-corrected chi connectivity index (χ1v) is 11.7. The second-order valence-corrected chi connectivity index (χ2v) is 9.67. The molecular formula is C26H27ClN4O. The topological polar surface area (TPSA) is 59.0 Å². The van der Waals surface area contributed by atoms with E-state index in [2.05, 4.69) is 19.9 Å². The number of piperidine rings is 1. The van der Waals surface area contributed by atoms with Crippen LogP contribution in [0.25, 0.3) is 11.4 Å². The molecule has 5 nitrogen and oxygen atoms in total. The Kier molecular flexibility index (Phi) is 5.68. The molecule has 1 aliphatic carbocycles. The fraction of sp³-hybridized carbons (Fsp3) is 0.385. The van der Waals surface area contributed by atoms with Gasteiger partial charge in [-0.3, -0.25) is 9.78 Å². The van der Waals surface area contributed by atoms with Crippen molar-refractivity contribution in [3.63, 3.8) is 0 Å². The number of halogens is 1. The predicted octanol–water partition coefficient (Wildman–Crippen LogP) is 5.52. The van der Waals surface area contributed by atoms with Crippen molar-refractivity contribution in [2.75, 3.05) is 6.54 Å². The highest BCUT2D eigenvalue weighted by Crippen LogP contribution is 2.55. The van der Waals surface area contributed by atoms with Gasteiger partial charge in [-0.2, -0.15) is 0 Å². The van der Waals surface area contributed by atoms with Crippen molar-refractivity contribution in [2.45, 2.75) is 51.5 Å². The van der Waals surface area contributed by atoms with E-state index in [0.717, 1.165) is 49.0 Å². The normalized spacial score (nSPS) is 19.2. The Hall–Kier alpha value is -2.79. The van der Waals surface area contributed by atoms with E-state index >= 15 is 0 Å². The zero-order valence-corrected chi connectivity index (χ0v) is 19.1. The van der Waals surface area contributed by atoms with Crippen molar-refractivity contribution in [3.05, 3.63) is 76.8 Å². The highest BCUT2D eigenvalue weighted by atomic mass is 35.5. The van der Waals surface area contributed by atoms with Gasteiger partial charge >= 0.3 is 0 Å². The number of pyridine rings is 1. The third-order valence-electron chi connectivity index (χ3n) is 6.94. The number of benzene rings is 1. The second kappa shape index (κ2) is 8.62. The summed E-state index contributed by atoms with van der Waals surface area (Å²) in [6.07, 6.45) is 11.6. The van der Waals surface area contributed by atoms with E-state index in [4.69, 9.17) is 11.6 Å². The smallest absolute Gasteiger partial charge is 0.254 e. The maximum Gasteiger partial charge on any atom is 0.254 e. The SMILES string of the molecule is Cc1ccc(-c2ncccn2)c(C(=O)N2CCC3(CC3)C[C@H]2CCc2ccc(Cl)cn2)c1. The molecule has 1 saturated carbocycles. The molecule has 3 aromatic rings.